The van der Waals surface area contributed by atoms with E-state index in [9.17, 15) is 9.59 Å². The summed E-state index contributed by atoms with van der Waals surface area (Å²) in [7, 11) is 0. The summed E-state index contributed by atoms with van der Waals surface area (Å²) in [5.41, 5.74) is 14.3. The number of urea groups is 1. The van der Waals surface area contributed by atoms with E-state index in [2.05, 4.69) is 20.6 Å². The maximum absolute atomic E-state index is 12.1. The molecule has 4 atom stereocenters. The summed E-state index contributed by atoms with van der Waals surface area (Å²) in [5.74, 6) is 0.863. The summed E-state index contributed by atoms with van der Waals surface area (Å²) >= 11 is 1.89. The second-order valence-corrected chi connectivity index (χ2v) is 9.86. The Hall–Kier alpha value is -3.01. The number of thioether (sulfide) groups is 1. The van der Waals surface area contributed by atoms with Crippen LogP contribution in [0.25, 0.3) is 21.9 Å². The Morgan fingerprint density at radius 2 is 2.12 bits per heavy atom. The Labute approximate surface area is 189 Å². The molecule has 5 rings (SSSR count). The first-order valence-corrected chi connectivity index (χ1v) is 12.0. The SMILES string of the molecule is NC(=O)C(CCCC1SCC2NC(=O)NC21)CCn1cnc2c(N)nc3ccccc3c21. The van der Waals surface area contributed by atoms with Gasteiger partial charge in [-0.1, -0.05) is 24.6 Å². The monoisotopic (exact) mass is 453 g/mol. The molecule has 10 heteroatoms. The van der Waals surface area contributed by atoms with Gasteiger partial charge in [-0.05, 0) is 25.3 Å². The summed E-state index contributed by atoms with van der Waals surface area (Å²) in [6, 6.07) is 8.18. The molecule has 9 nitrogen and oxygen atoms in total. The molecule has 2 saturated heterocycles. The van der Waals surface area contributed by atoms with Crippen molar-refractivity contribution in [2.24, 2.45) is 11.7 Å². The molecule has 168 valence electrons. The molecule has 0 bridgehead atoms. The zero-order valence-electron chi connectivity index (χ0n) is 17.7. The highest BCUT2D eigenvalue weighted by molar-refractivity contribution is 8.00. The summed E-state index contributed by atoms with van der Waals surface area (Å²) in [4.78, 5) is 32.6. The van der Waals surface area contributed by atoms with E-state index in [0.29, 0.717) is 29.6 Å². The van der Waals surface area contributed by atoms with E-state index < -0.39 is 0 Å². The van der Waals surface area contributed by atoms with Crippen LogP contribution in [0.3, 0.4) is 0 Å². The number of nitrogens with zero attached hydrogens (tertiary/aromatic N) is 3. The van der Waals surface area contributed by atoms with Crippen LogP contribution in [-0.2, 0) is 11.3 Å². The normalized spacial score (nSPS) is 23.2. The van der Waals surface area contributed by atoms with Crippen molar-refractivity contribution in [2.45, 2.75) is 49.6 Å². The molecule has 0 spiro atoms. The highest BCUT2D eigenvalue weighted by Crippen LogP contribution is 2.34. The van der Waals surface area contributed by atoms with Crippen LogP contribution in [0, 0.1) is 5.92 Å². The maximum atomic E-state index is 12.1. The number of anilines is 1. The number of primary amides is 1. The van der Waals surface area contributed by atoms with E-state index in [1.807, 2.05) is 40.6 Å². The molecule has 2 fully saturated rings. The fourth-order valence-electron chi connectivity index (χ4n) is 4.91. The molecule has 2 aliphatic heterocycles. The Kier molecular flexibility index (Phi) is 5.54. The minimum absolute atomic E-state index is 0.0729. The number of aromatic nitrogens is 3. The molecule has 1 aromatic carbocycles. The molecule has 32 heavy (non-hydrogen) atoms. The van der Waals surface area contributed by atoms with Crippen LogP contribution in [0.1, 0.15) is 25.7 Å². The number of aryl methyl sites for hydroxylation is 1. The highest BCUT2D eigenvalue weighted by Gasteiger charge is 2.42. The number of amides is 3. The molecule has 2 aromatic heterocycles. The van der Waals surface area contributed by atoms with E-state index in [4.69, 9.17) is 11.5 Å². The first kappa shape index (κ1) is 20.9. The molecule has 4 heterocycles. The number of hydrogen-bond acceptors (Lipinski definition) is 6. The number of pyridine rings is 1. The first-order valence-electron chi connectivity index (χ1n) is 11.0. The van der Waals surface area contributed by atoms with Crippen molar-refractivity contribution >= 4 is 51.5 Å². The molecular weight excluding hydrogens is 426 g/mol. The summed E-state index contributed by atoms with van der Waals surface area (Å²) in [6.45, 7) is 0.625. The number of carbonyl (C=O) groups excluding carboxylic acids is 2. The number of nitrogen functional groups attached to an aromatic ring is 1. The van der Waals surface area contributed by atoms with Crippen LogP contribution in [0.4, 0.5) is 10.6 Å². The molecule has 0 saturated carbocycles. The maximum Gasteiger partial charge on any atom is 0.315 e. The van der Waals surface area contributed by atoms with Gasteiger partial charge in [0.2, 0.25) is 5.91 Å². The molecule has 3 amide bonds. The van der Waals surface area contributed by atoms with Crippen LogP contribution >= 0.6 is 11.8 Å². The second kappa shape index (κ2) is 8.50. The largest absolute Gasteiger partial charge is 0.382 e. The van der Waals surface area contributed by atoms with Crippen molar-refractivity contribution in [1.82, 2.24) is 25.2 Å². The molecule has 6 N–H and O–H groups in total. The predicted molar refractivity (Wildman–Crippen MR) is 126 cm³/mol. The first-order chi connectivity index (χ1) is 15.5. The number of imidazole rings is 1. The smallest absolute Gasteiger partial charge is 0.315 e. The van der Waals surface area contributed by atoms with Crippen molar-refractivity contribution in [2.75, 3.05) is 11.5 Å². The lowest BCUT2D eigenvalue weighted by Crippen LogP contribution is -2.36. The molecule has 2 aliphatic rings. The van der Waals surface area contributed by atoms with E-state index in [0.717, 1.165) is 41.4 Å². The van der Waals surface area contributed by atoms with Crippen molar-refractivity contribution < 1.29 is 9.59 Å². The highest BCUT2D eigenvalue weighted by atomic mass is 32.2. The lowest BCUT2D eigenvalue weighted by atomic mass is 9.95. The minimum atomic E-state index is -0.270. The van der Waals surface area contributed by atoms with E-state index in [1.54, 1.807) is 6.33 Å². The van der Waals surface area contributed by atoms with Gasteiger partial charge in [-0.3, -0.25) is 4.79 Å². The Morgan fingerprint density at radius 1 is 1.28 bits per heavy atom. The number of nitrogens with one attached hydrogen (secondary N) is 2. The number of para-hydroxylation sites is 1. The van der Waals surface area contributed by atoms with Crippen LogP contribution in [0.15, 0.2) is 30.6 Å². The zero-order chi connectivity index (χ0) is 22.2. The second-order valence-electron chi connectivity index (χ2n) is 8.59. The third-order valence-electron chi connectivity index (χ3n) is 6.58. The van der Waals surface area contributed by atoms with Crippen LogP contribution in [0.2, 0.25) is 0 Å². The van der Waals surface area contributed by atoms with Gasteiger partial charge in [0.15, 0.2) is 5.82 Å². The summed E-state index contributed by atoms with van der Waals surface area (Å²) in [6.07, 6.45) is 4.99. The third kappa shape index (κ3) is 3.83. The number of fused-ring (bicyclic) bond motifs is 4. The van der Waals surface area contributed by atoms with Gasteiger partial charge in [0, 0.05) is 28.9 Å². The number of hydrogen-bond donors (Lipinski definition) is 4. The van der Waals surface area contributed by atoms with Crippen molar-refractivity contribution in [1.29, 1.82) is 0 Å². The molecule has 0 radical (unpaired) electrons. The van der Waals surface area contributed by atoms with Gasteiger partial charge < -0.3 is 26.7 Å². The minimum Gasteiger partial charge on any atom is -0.382 e. The third-order valence-corrected chi connectivity index (χ3v) is 8.09. The number of carbonyl (C=O) groups is 2. The van der Waals surface area contributed by atoms with Crippen LogP contribution in [0.5, 0.6) is 0 Å². The standard InChI is InChI=1S/C22H27N7O2S/c23-20-18-19(13-5-1-2-6-14(13)26-20)29(11-25-18)9-8-12(21(24)30)4-3-7-16-17-15(10-32-16)27-22(31)28-17/h1-2,5-6,11-12,15-17H,3-4,7-10H2,(H2,23,26)(H2,24,30)(H2,27,28,31). The number of benzene rings is 1. The number of nitrogens with two attached hydrogens (primary N) is 2. The summed E-state index contributed by atoms with van der Waals surface area (Å²) < 4.78 is 2.04. The molecule has 3 aromatic rings. The Bertz CT molecular complexity index is 1180. The lowest BCUT2D eigenvalue weighted by Gasteiger charge is -2.19. The number of rotatable bonds is 8. The van der Waals surface area contributed by atoms with E-state index in [-0.39, 0.29) is 29.9 Å². The Morgan fingerprint density at radius 3 is 2.97 bits per heavy atom. The fraction of sp³-hybridized carbons (Fsp3) is 0.455. The van der Waals surface area contributed by atoms with E-state index in [1.165, 1.54) is 0 Å². The van der Waals surface area contributed by atoms with Crippen molar-refractivity contribution in [3.63, 3.8) is 0 Å². The molecule has 0 aliphatic carbocycles. The van der Waals surface area contributed by atoms with Gasteiger partial charge in [-0.2, -0.15) is 11.8 Å². The van der Waals surface area contributed by atoms with Crippen LogP contribution < -0.4 is 22.1 Å². The van der Waals surface area contributed by atoms with Gasteiger partial charge in [-0.15, -0.1) is 0 Å². The Balaban J connectivity index is 1.24. The predicted octanol–water partition coefficient (Wildman–Crippen LogP) is 1.99. The van der Waals surface area contributed by atoms with Crippen LogP contribution in [-0.4, -0.2) is 49.6 Å². The fourth-order valence-corrected chi connectivity index (χ4v) is 6.45. The lowest BCUT2D eigenvalue weighted by molar-refractivity contribution is -0.122. The van der Waals surface area contributed by atoms with Crippen molar-refractivity contribution in [3.05, 3.63) is 30.6 Å². The zero-order valence-corrected chi connectivity index (χ0v) is 18.5. The van der Waals surface area contributed by atoms with Gasteiger partial charge in [0.25, 0.3) is 0 Å². The summed E-state index contributed by atoms with van der Waals surface area (Å²) in [5, 5.41) is 7.35. The van der Waals surface area contributed by atoms with Gasteiger partial charge in [0.1, 0.15) is 5.52 Å². The average Bonchev–Trinajstić information content (AvgIpc) is 3.45. The quantitative estimate of drug-likeness (QED) is 0.385. The molecule has 4 unspecified atom stereocenters. The van der Waals surface area contributed by atoms with Crippen molar-refractivity contribution in [3.8, 4) is 0 Å². The van der Waals surface area contributed by atoms with Gasteiger partial charge in [-0.25, -0.2) is 14.8 Å². The van der Waals surface area contributed by atoms with Gasteiger partial charge >= 0.3 is 6.03 Å². The van der Waals surface area contributed by atoms with Gasteiger partial charge in [0.05, 0.1) is 29.4 Å². The van der Waals surface area contributed by atoms with E-state index >= 15 is 0 Å². The molecular formula is C22H27N7O2S. The average molecular weight is 454 g/mol. The topological polar surface area (TPSA) is 141 Å².